The lowest BCUT2D eigenvalue weighted by Crippen LogP contribution is -1.85. The van der Waals surface area contributed by atoms with Crippen molar-refractivity contribution in [3.63, 3.8) is 0 Å². The smallest absolute Gasteiger partial charge is 0.450 e. The average Bonchev–Trinajstić information content (AvgIpc) is 2.45. The summed E-state index contributed by atoms with van der Waals surface area (Å²) in [7, 11) is 0. The summed E-state index contributed by atoms with van der Waals surface area (Å²) in [6, 6.07) is 0. The maximum absolute atomic E-state index is 8.56. The van der Waals surface area contributed by atoms with E-state index < -0.39 is 6.16 Å². The SMILES string of the molecule is C1=C2CCC(C1)C2.O=C(O)O. The molecule has 0 aliphatic heterocycles. The van der Waals surface area contributed by atoms with Gasteiger partial charge in [-0.25, -0.2) is 4.79 Å². The van der Waals surface area contributed by atoms with Crippen molar-refractivity contribution < 1.29 is 15.0 Å². The molecule has 0 amide bonds. The molecule has 62 valence electrons. The minimum absolute atomic E-state index is 1.08. The predicted molar refractivity (Wildman–Crippen MR) is 40.7 cm³/mol. The van der Waals surface area contributed by atoms with Gasteiger partial charge in [0.15, 0.2) is 0 Å². The van der Waals surface area contributed by atoms with Crippen LogP contribution in [0.1, 0.15) is 25.7 Å². The molecule has 0 saturated heterocycles. The first kappa shape index (κ1) is 8.11. The normalized spacial score (nSPS) is 25.5. The minimum atomic E-state index is -1.83. The molecule has 2 aliphatic rings. The van der Waals surface area contributed by atoms with E-state index in [0.717, 1.165) is 5.92 Å². The Hall–Kier alpha value is -0.990. The first-order valence-electron chi connectivity index (χ1n) is 3.78. The van der Waals surface area contributed by atoms with Crippen molar-refractivity contribution in [1.82, 2.24) is 0 Å². The Labute approximate surface area is 65.3 Å². The number of rotatable bonds is 0. The van der Waals surface area contributed by atoms with Crippen molar-refractivity contribution in [3.8, 4) is 0 Å². The van der Waals surface area contributed by atoms with Crippen molar-refractivity contribution in [2.75, 3.05) is 0 Å². The van der Waals surface area contributed by atoms with E-state index in [9.17, 15) is 0 Å². The predicted octanol–water partition coefficient (Wildman–Crippen LogP) is 2.34. The number of hydrogen-bond donors (Lipinski definition) is 2. The molecule has 2 aliphatic carbocycles. The Morgan fingerprint density at radius 3 is 2.27 bits per heavy atom. The van der Waals surface area contributed by atoms with E-state index in [2.05, 4.69) is 6.08 Å². The standard InChI is InChI=1S/C7H10.CH2O3/c1-2-7-4-3-6(1)5-7;2-1(3)4/h1,7H,2-5H2;(H2,2,3,4). The van der Waals surface area contributed by atoms with Crippen molar-refractivity contribution in [1.29, 1.82) is 0 Å². The Balaban J connectivity index is 0.000000134. The maximum atomic E-state index is 8.56. The maximum Gasteiger partial charge on any atom is 0.503 e. The molecule has 3 heteroatoms. The molecule has 1 unspecified atom stereocenters. The molecule has 11 heavy (non-hydrogen) atoms. The van der Waals surface area contributed by atoms with Gasteiger partial charge in [0, 0.05) is 0 Å². The largest absolute Gasteiger partial charge is 0.503 e. The molecule has 2 N–H and O–H groups in total. The van der Waals surface area contributed by atoms with E-state index in [0.29, 0.717) is 0 Å². The second kappa shape index (κ2) is 3.42. The third kappa shape index (κ3) is 2.62. The number of carboxylic acid groups (broad SMARTS) is 2. The molecule has 0 aromatic heterocycles. The zero-order valence-electron chi connectivity index (χ0n) is 6.29. The van der Waals surface area contributed by atoms with Gasteiger partial charge in [0.1, 0.15) is 0 Å². The second-order valence-electron chi connectivity index (χ2n) is 2.99. The van der Waals surface area contributed by atoms with Gasteiger partial charge in [0.25, 0.3) is 0 Å². The Morgan fingerprint density at radius 2 is 2.18 bits per heavy atom. The molecular weight excluding hydrogens is 144 g/mol. The number of fused-ring (bicyclic) bond motifs is 2. The third-order valence-corrected chi connectivity index (χ3v) is 2.16. The van der Waals surface area contributed by atoms with E-state index in [-0.39, 0.29) is 0 Å². The van der Waals surface area contributed by atoms with E-state index >= 15 is 0 Å². The molecule has 1 atom stereocenters. The average molecular weight is 156 g/mol. The minimum Gasteiger partial charge on any atom is -0.450 e. The molecule has 0 aromatic carbocycles. The van der Waals surface area contributed by atoms with Crippen LogP contribution in [-0.2, 0) is 0 Å². The topological polar surface area (TPSA) is 57.5 Å². The summed E-state index contributed by atoms with van der Waals surface area (Å²) in [4.78, 5) is 8.56. The summed E-state index contributed by atoms with van der Waals surface area (Å²) in [6.45, 7) is 0. The summed E-state index contributed by atoms with van der Waals surface area (Å²) in [5, 5.41) is 13.9. The molecule has 0 aromatic rings. The highest BCUT2D eigenvalue weighted by Gasteiger charge is 2.22. The van der Waals surface area contributed by atoms with Crippen molar-refractivity contribution in [3.05, 3.63) is 11.6 Å². The summed E-state index contributed by atoms with van der Waals surface area (Å²) < 4.78 is 0. The van der Waals surface area contributed by atoms with Gasteiger partial charge in [0.05, 0.1) is 0 Å². The fraction of sp³-hybridized carbons (Fsp3) is 0.625. The van der Waals surface area contributed by atoms with Crippen LogP contribution in [0.3, 0.4) is 0 Å². The molecule has 0 heterocycles. The highest BCUT2D eigenvalue weighted by atomic mass is 16.6. The lowest BCUT2D eigenvalue weighted by atomic mass is 10.1. The van der Waals surface area contributed by atoms with Gasteiger partial charge < -0.3 is 10.2 Å². The van der Waals surface area contributed by atoms with E-state index in [1.54, 1.807) is 5.57 Å². The lowest BCUT2D eigenvalue weighted by Gasteiger charge is -1.98. The van der Waals surface area contributed by atoms with Gasteiger partial charge in [-0.15, -0.1) is 0 Å². The molecule has 1 saturated carbocycles. The highest BCUT2D eigenvalue weighted by Crippen LogP contribution is 2.38. The van der Waals surface area contributed by atoms with Gasteiger partial charge in [-0.1, -0.05) is 11.6 Å². The lowest BCUT2D eigenvalue weighted by molar-refractivity contribution is 0.137. The first-order valence-corrected chi connectivity index (χ1v) is 3.78. The Bertz CT molecular complexity index is 180. The number of carbonyl (C=O) groups is 1. The molecular formula is C8H12O3. The molecule has 3 nitrogen and oxygen atoms in total. The van der Waals surface area contributed by atoms with Crippen molar-refractivity contribution in [2.24, 2.45) is 5.92 Å². The Kier molecular flexibility index (Phi) is 2.52. The van der Waals surface area contributed by atoms with Crippen LogP contribution in [0.15, 0.2) is 11.6 Å². The fourth-order valence-corrected chi connectivity index (χ4v) is 1.68. The molecule has 2 bridgehead atoms. The van der Waals surface area contributed by atoms with E-state index in [1.165, 1.54) is 25.7 Å². The van der Waals surface area contributed by atoms with Gasteiger partial charge in [-0.3, -0.25) is 0 Å². The van der Waals surface area contributed by atoms with Gasteiger partial charge in [-0.2, -0.15) is 0 Å². The van der Waals surface area contributed by atoms with Gasteiger partial charge in [-0.05, 0) is 31.6 Å². The van der Waals surface area contributed by atoms with Crippen LogP contribution in [0.4, 0.5) is 4.79 Å². The summed E-state index contributed by atoms with van der Waals surface area (Å²) >= 11 is 0. The van der Waals surface area contributed by atoms with E-state index in [4.69, 9.17) is 15.0 Å². The van der Waals surface area contributed by atoms with Crippen LogP contribution >= 0.6 is 0 Å². The van der Waals surface area contributed by atoms with Crippen molar-refractivity contribution >= 4 is 6.16 Å². The number of hydrogen-bond acceptors (Lipinski definition) is 1. The highest BCUT2D eigenvalue weighted by molar-refractivity contribution is 5.53. The molecule has 1 fully saturated rings. The summed E-state index contributed by atoms with van der Waals surface area (Å²) in [5.74, 6) is 1.08. The fourth-order valence-electron chi connectivity index (χ4n) is 1.68. The van der Waals surface area contributed by atoms with Gasteiger partial charge >= 0.3 is 6.16 Å². The Morgan fingerprint density at radius 1 is 1.55 bits per heavy atom. The van der Waals surface area contributed by atoms with Crippen LogP contribution in [0, 0.1) is 5.92 Å². The zero-order chi connectivity index (χ0) is 8.27. The van der Waals surface area contributed by atoms with E-state index in [1.807, 2.05) is 0 Å². The zero-order valence-corrected chi connectivity index (χ0v) is 6.29. The van der Waals surface area contributed by atoms with Crippen LogP contribution in [-0.4, -0.2) is 16.4 Å². The second-order valence-corrected chi connectivity index (χ2v) is 2.99. The van der Waals surface area contributed by atoms with Crippen LogP contribution in [0.2, 0.25) is 0 Å². The van der Waals surface area contributed by atoms with Gasteiger partial charge in [0.2, 0.25) is 0 Å². The molecule has 0 radical (unpaired) electrons. The summed E-state index contributed by atoms with van der Waals surface area (Å²) in [6.07, 6.45) is 6.35. The van der Waals surface area contributed by atoms with Crippen LogP contribution < -0.4 is 0 Å². The number of allylic oxidation sites excluding steroid dienone is 2. The summed E-state index contributed by atoms with van der Waals surface area (Å²) in [5.41, 5.74) is 1.74. The third-order valence-electron chi connectivity index (χ3n) is 2.16. The van der Waals surface area contributed by atoms with Crippen molar-refractivity contribution in [2.45, 2.75) is 25.7 Å². The van der Waals surface area contributed by atoms with Crippen LogP contribution in [0.25, 0.3) is 0 Å². The first-order chi connectivity index (χ1) is 5.18. The molecule has 0 spiro atoms. The monoisotopic (exact) mass is 156 g/mol. The van der Waals surface area contributed by atoms with Crippen LogP contribution in [0.5, 0.6) is 0 Å². The molecule has 2 rings (SSSR count). The quantitative estimate of drug-likeness (QED) is 0.529.